The Bertz CT molecular complexity index is 981. The number of rotatable bonds is 3. The zero-order valence-corrected chi connectivity index (χ0v) is 14.2. The fraction of sp³-hybridized carbons (Fsp3) is 0.238. The molecule has 1 saturated carbocycles. The summed E-state index contributed by atoms with van der Waals surface area (Å²) in [4.78, 5) is 0. The van der Waals surface area contributed by atoms with Gasteiger partial charge in [-0.2, -0.15) is 13.2 Å². The van der Waals surface area contributed by atoms with Crippen LogP contribution in [0.3, 0.4) is 0 Å². The highest BCUT2D eigenvalue weighted by molar-refractivity contribution is 5.92. The summed E-state index contributed by atoms with van der Waals surface area (Å²) in [6, 6.07) is 15.2. The molecule has 4 rings (SSSR count). The number of fused-ring (bicyclic) bond motifs is 1. The molecule has 2 atom stereocenters. The molecule has 0 spiro atoms. The first kappa shape index (κ1) is 16.9. The van der Waals surface area contributed by atoms with E-state index in [2.05, 4.69) is 0 Å². The second-order valence-corrected chi connectivity index (χ2v) is 6.74. The van der Waals surface area contributed by atoms with Gasteiger partial charge in [0, 0.05) is 12.0 Å². The maximum Gasteiger partial charge on any atom is 0.416 e. The molecule has 0 heterocycles. The Balaban J connectivity index is 1.89. The van der Waals surface area contributed by atoms with Crippen LogP contribution >= 0.6 is 0 Å². The molecule has 5 heteroatoms. The fourth-order valence-corrected chi connectivity index (χ4v) is 3.41. The minimum atomic E-state index is -4.36. The Morgan fingerprint density at radius 2 is 1.77 bits per heavy atom. The molecule has 2 N–H and O–H groups in total. The van der Waals surface area contributed by atoms with Crippen molar-refractivity contribution in [2.45, 2.75) is 24.6 Å². The Hall–Kier alpha value is -2.53. The SMILES string of the molecule is COc1ccc2cc(-c3cccc(C(F)(F)F)c3)cc(C3CC3N)c2c1. The van der Waals surface area contributed by atoms with Crippen molar-refractivity contribution in [3.05, 3.63) is 65.7 Å². The zero-order chi connectivity index (χ0) is 18.5. The maximum absolute atomic E-state index is 13.1. The van der Waals surface area contributed by atoms with Crippen LogP contribution in [0, 0.1) is 0 Å². The summed E-state index contributed by atoms with van der Waals surface area (Å²) < 4.78 is 44.5. The monoisotopic (exact) mass is 357 g/mol. The molecule has 0 amide bonds. The molecule has 2 nitrogen and oxygen atoms in total. The molecule has 3 aromatic carbocycles. The lowest BCUT2D eigenvalue weighted by Crippen LogP contribution is -2.04. The standard InChI is InChI=1S/C21H18F3NO/c1-26-16-6-5-13-7-14(9-18(17(13)10-16)19-11-20(19)25)12-3-2-4-15(8-12)21(22,23)24/h2-10,19-20H,11,25H2,1H3. The van der Waals surface area contributed by atoms with Crippen molar-refractivity contribution in [2.75, 3.05) is 7.11 Å². The third kappa shape index (κ3) is 3.03. The summed E-state index contributed by atoms with van der Waals surface area (Å²) in [7, 11) is 1.61. The summed E-state index contributed by atoms with van der Waals surface area (Å²) in [6.07, 6.45) is -3.47. The molecule has 134 valence electrons. The predicted molar refractivity (Wildman–Crippen MR) is 96.3 cm³/mol. The van der Waals surface area contributed by atoms with Crippen molar-refractivity contribution in [2.24, 2.45) is 5.73 Å². The van der Waals surface area contributed by atoms with Gasteiger partial charge < -0.3 is 10.5 Å². The molecule has 1 fully saturated rings. The number of hydrogen-bond acceptors (Lipinski definition) is 2. The molecule has 2 unspecified atom stereocenters. The van der Waals surface area contributed by atoms with Crippen molar-refractivity contribution >= 4 is 10.8 Å². The van der Waals surface area contributed by atoms with Gasteiger partial charge in [-0.25, -0.2) is 0 Å². The van der Waals surface area contributed by atoms with E-state index in [0.29, 0.717) is 5.56 Å². The van der Waals surface area contributed by atoms with Crippen LogP contribution in [0.2, 0.25) is 0 Å². The minimum absolute atomic E-state index is 0.0983. The van der Waals surface area contributed by atoms with Crippen LogP contribution in [0.5, 0.6) is 5.75 Å². The smallest absolute Gasteiger partial charge is 0.416 e. The van der Waals surface area contributed by atoms with Crippen LogP contribution in [-0.4, -0.2) is 13.2 Å². The highest BCUT2D eigenvalue weighted by atomic mass is 19.4. The van der Waals surface area contributed by atoms with E-state index in [0.717, 1.165) is 40.1 Å². The number of hydrogen-bond donors (Lipinski definition) is 1. The van der Waals surface area contributed by atoms with E-state index in [1.165, 1.54) is 12.1 Å². The van der Waals surface area contributed by atoms with Crippen molar-refractivity contribution in [3.63, 3.8) is 0 Å². The fourth-order valence-electron chi connectivity index (χ4n) is 3.41. The van der Waals surface area contributed by atoms with E-state index in [1.807, 2.05) is 30.3 Å². The average molecular weight is 357 g/mol. The van der Waals surface area contributed by atoms with Gasteiger partial charge in [0.25, 0.3) is 0 Å². The van der Waals surface area contributed by atoms with Crippen molar-refractivity contribution < 1.29 is 17.9 Å². The van der Waals surface area contributed by atoms with Crippen LogP contribution < -0.4 is 10.5 Å². The first-order chi connectivity index (χ1) is 12.4. The van der Waals surface area contributed by atoms with E-state index < -0.39 is 11.7 Å². The van der Waals surface area contributed by atoms with E-state index in [1.54, 1.807) is 13.2 Å². The Morgan fingerprint density at radius 3 is 2.42 bits per heavy atom. The molecule has 0 bridgehead atoms. The second-order valence-electron chi connectivity index (χ2n) is 6.74. The summed E-state index contributed by atoms with van der Waals surface area (Å²) in [5.41, 5.74) is 7.79. The number of methoxy groups -OCH3 is 1. The molecule has 26 heavy (non-hydrogen) atoms. The summed E-state index contributed by atoms with van der Waals surface area (Å²) >= 11 is 0. The quantitative estimate of drug-likeness (QED) is 0.686. The maximum atomic E-state index is 13.1. The molecule has 0 aromatic heterocycles. The Labute approximate surface area is 149 Å². The van der Waals surface area contributed by atoms with Gasteiger partial charge >= 0.3 is 6.18 Å². The minimum Gasteiger partial charge on any atom is -0.497 e. The van der Waals surface area contributed by atoms with Gasteiger partial charge in [0.15, 0.2) is 0 Å². The number of nitrogens with two attached hydrogens (primary N) is 1. The highest BCUT2D eigenvalue weighted by Crippen LogP contribution is 2.45. The van der Waals surface area contributed by atoms with Gasteiger partial charge in [0.2, 0.25) is 0 Å². The first-order valence-electron chi connectivity index (χ1n) is 8.42. The summed E-state index contributed by atoms with van der Waals surface area (Å²) in [6.45, 7) is 0. The lowest BCUT2D eigenvalue weighted by Gasteiger charge is -2.13. The topological polar surface area (TPSA) is 35.2 Å². The lowest BCUT2D eigenvalue weighted by atomic mass is 9.93. The van der Waals surface area contributed by atoms with Crippen LogP contribution in [-0.2, 0) is 6.18 Å². The van der Waals surface area contributed by atoms with Crippen LogP contribution in [0.1, 0.15) is 23.5 Å². The molecule has 0 aliphatic heterocycles. The third-order valence-corrected chi connectivity index (χ3v) is 4.96. The summed E-state index contributed by atoms with van der Waals surface area (Å²) in [5, 5.41) is 2.01. The molecule has 0 radical (unpaired) electrons. The molecular weight excluding hydrogens is 339 g/mol. The van der Waals surface area contributed by atoms with E-state index in [4.69, 9.17) is 10.5 Å². The van der Waals surface area contributed by atoms with Crippen LogP contribution in [0.25, 0.3) is 21.9 Å². The zero-order valence-electron chi connectivity index (χ0n) is 14.2. The molecule has 3 aromatic rings. The number of halogens is 3. The van der Waals surface area contributed by atoms with Gasteiger partial charge in [-0.05, 0) is 64.2 Å². The van der Waals surface area contributed by atoms with Gasteiger partial charge in [0.05, 0.1) is 12.7 Å². The Kier molecular flexibility index (Phi) is 3.92. The number of benzene rings is 3. The first-order valence-corrected chi connectivity index (χ1v) is 8.42. The van der Waals surface area contributed by atoms with Gasteiger partial charge in [-0.3, -0.25) is 0 Å². The third-order valence-electron chi connectivity index (χ3n) is 4.96. The lowest BCUT2D eigenvalue weighted by molar-refractivity contribution is -0.137. The van der Waals surface area contributed by atoms with Gasteiger partial charge in [-0.15, -0.1) is 0 Å². The van der Waals surface area contributed by atoms with Crippen molar-refractivity contribution in [1.29, 1.82) is 0 Å². The van der Waals surface area contributed by atoms with E-state index >= 15 is 0 Å². The second kappa shape index (κ2) is 6.02. The number of alkyl halides is 3. The van der Waals surface area contributed by atoms with Crippen molar-refractivity contribution in [1.82, 2.24) is 0 Å². The van der Waals surface area contributed by atoms with Crippen LogP contribution in [0.4, 0.5) is 13.2 Å². The average Bonchev–Trinajstić information content (AvgIpc) is 3.36. The molecule has 1 aliphatic rings. The van der Waals surface area contributed by atoms with E-state index in [-0.39, 0.29) is 12.0 Å². The van der Waals surface area contributed by atoms with Gasteiger partial charge in [-0.1, -0.05) is 24.3 Å². The predicted octanol–water partition coefficient (Wildman–Crippen LogP) is 5.35. The molecular formula is C21H18F3NO. The highest BCUT2D eigenvalue weighted by Gasteiger charge is 2.36. The van der Waals surface area contributed by atoms with Gasteiger partial charge in [0.1, 0.15) is 5.75 Å². The van der Waals surface area contributed by atoms with E-state index in [9.17, 15) is 13.2 Å². The number of ether oxygens (including phenoxy) is 1. The Morgan fingerprint density at radius 1 is 1.00 bits per heavy atom. The van der Waals surface area contributed by atoms with Crippen LogP contribution in [0.15, 0.2) is 54.6 Å². The largest absolute Gasteiger partial charge is 0.497 e. The van der Waals surface area contributed by atoms with Crippen molar-refractivity contribution in [3.8, 4) is 16.9 Å². The molecule has 0 saturated heterocycles. The summed E-state index contributed by atoms with van der Waals surface area (Å²) in [5.74, 6) is 0.982. The normalized spacial score (nSPS) is 19.6. The molecule has 1 aliphatic carbocycles.